The van der Waals surface area contributed by atoms with Gasteiger partial charge in [0.25, 0.3) is 0 Å². The van der Waals surface area contributed by atoms with Gasteiger partial charge in [-0.25, -0.2) is 12.8 Å². The third-order valence-corrected chi connectivity index (χ3v) is 4.90. The number of hydrogen-bond donors (Lipinski definition) is 0. The van der Waals surface area contributed by atoms with E-state index in [0.717, 1.165) is 17.4 Å². The summed E-state index contributed by atoms with van der Waals surface area (Å²) in [5.74, 6) is -0.246. The van der Waals surface area contributed by atoms with Crippen molar-refractivity contribution in [2.75, 3.05) is 6.26 Å². The van der Waals surface area contributed by atoms with Gasteiger partial charge in [0.05, 0.1) is 5.56 Å². The summed E-state index contributed by atoms with van der Waals surface area (Å²) >= 11 is 0. The minimum absolute atomic E-state index is 0.322. The van der Waals surface area contributed by atoms with Crippen LogP contribution >= 0.6 is 0 Å². The van der Waals surface area contributed by atoms with Crippen LogP contribution in [0.25, 0.3) is 22.4 Å². The van der Waals surface area contributed by atoms with Crippen molar-refractivity contribution in [3.05, 3.63) is 59.6 Å². The van der Waals surface area contributed by atoms with Crippen molar-refractivity contribution in [2.24, 2.45) is 0 Å². The van der Waals surface area contributed by atoms with Crippen LogP contribution in [-0.4, -0.2) is 19.8 Å². The van der Waals surface area contributed by atoms with E-state index in [2.05, 4.69) is 5.16 Å². The third-order valence-electron chi connectivity index (χ3n) is 3.77. The highest BCUT2D eigenvalue weighted by Gasteiger charge is 2.20. The van der Waals surface area contributed by atoms with Gasteiger partial charge >= 0.3 is 0 Å². The van der Waals surface area contributed by atoms with Crippen LogP contribution < -0.4 is 0 Å². The lowest BCUT2D eigenvalue weighted by atomic mass is 9.98. The Labute approximate surface area is 139 Å². The van der Waals surface area contributed by atoms with E-state index in [4.69, 9.17) is 4.52 Å². The minimum atomic E-state index is -3.61. The van der Waals surface area contributed by atoms with Crippen LogP contribution in [0.5, 0.6) is 0 Å². The molecule has 0 aliphatic rings. The molecular weight excluding hydrogens is 329 g/mol. The number of aromatic nitrogens is 1. The Morgan fingerprint density at radius 1 is 1.04 bits per heavy atom. The number of nitrogens with zero attached hydrogens (tertiary/aromatic N) is 1. The zero-order valence-corrected chi connectivity index (χ0v) is 14.3. The Morgan fingerprint density at radius 2 is 1.79 bits per heavy atom. The fourth-order valence-electron chi connectivity index (χ4n) is 2.66. The number of sulfone groups is 1. The standard InChI is InChI=1S/C18H16FNO3S/c1-11-5-4-6-14(9-11)18-17(12(2)23-20-18)13-7-8-16(15(19)10-13)24(3,21)22/h4-10H,1-3H3. The summed E-state index contributed by atoms with van der Waals surface area (Å²) in [4.78, 5) is -0.322. The van der Waals surface area contributed by atoms with Crippen LogP contribution in [0.1, 0.15) is 11.3 Å². The zero-order chi connectivity index (χ0) is 17.5. The summed E-state index contributed by atoms with van der Waals surface area (Å²) in [5, 5.41) is 4.09. The first kappa shape index (κ1) is 16.4. The normalized spacial score (nSPS) is 11.7. The first-order valence-corrected chi connectivity index (χ1v) is 9.20. The van der Waals surface area contributed by atoms with Crippen molar-refractivity contribution in [3.63, 3.8) is 0 Å². The summed E-state index contributed by atoms with van der Waals surface area (Å²) in [7, 11) is -3.61. The Morgan fingerprint density at radius 3 is 2.42 bits per heavy atom. The van der Waals surface area contributed by atoms with E-state index < -0.39 is 15.7 Å². The van der Waals surface area contributed by atoms with Gasteiger partial charge in [-0.15, -0.1) is 0 Å². The largest absolute Gasteiger partial charge is 0.360 e. The lowest BCUT2D eigenvalue weighted by Gasteiger charge is -2.06. The summed E-state index contributed by atoms with van der Waals surface area (Å²) in [5.41, 5.74) is 3.70. The molecule has 0 amide bonds. The van der Waals surface area contributed by atoms with E-state index in [0.29, 0.717) is 22.6 Å². The van der Waals surface area contributed by atoms with Gasteiger partial charge in [-0.05, 0) is 37.6 Å². The third kappa shape index (κ3) is 2.97. The molecular formula is C18H16FNO3S. The summed E-state index contributed by atoms with van der Waals surface area (Å²) in [6.45, 7) is 3.71. The van der Waals surface area contributed by atoms with Crippen molar-refractivity contribution >= 4 is 9.84 Å². The molecule has 24 heavy (non-hydrogen) atoms. The maximum atomic E-state index is 14.2. The van der Waals surface area contributed by atoms with E-state index in [1.54, 1.807) is 13.0 Å². The number of benzene rings is 2. The SMILES string of the molecule is Cc1cccc(-c2noc(C)c2-c2ccc(S(C)(=O)=O)c(F)c2)c1. The zero-order valence-electron chi connectivity index (χ0n) is 13.5. The van der Waals surface area contributed by atoms with Crippen molar-refractivity contribution in [1.29, 1.82) is 0 Å². The second kappa shape index (κ2) is 5.87. The Balaban J connectivity index is 2.18. The first-order valence-electron chi connectivity index (χ1n) is 7.30. The molecule has 4 nitrogen and oxygen atoms in total. The molecule has 1 heterocycles. The fraction of sp³-hybridized carbons (Fsp3) is 0.167. The van der Waals surface area contributed by atoms with Crippen LogP contribution in [0, 0.1) is 19.7 Å². The predicted molar refractivity (Wildman–Crippen MR) is 89.9 cm³/mol. The lowest BCUT2D eigenvalue weighted by molar-refractivity contribution is 0.400. The summed E-state index contributed by atoms with van der Waals surface area (Å²) in [6.07, 6.45) is 0.980. The van der Waals surface area contributed by atoms with Crippen molar-refractivity contribution in [2.45, 2.75) is 18.7 Å². The van der Waals surface area contributed by atoms with Gasteiger partial charge in [0.2, 0.25) is 0 Å². The highest BCUT2D eigenvalue weighted by molar-refractivity contribution is 7.90. The summed E-state index contributed by atoms with van der Waals surface area (Å²) in [6, 6.07) is 11.8. The second-order valence-electron chi connectivity index (χ2n) is 5.75. The molecule has 0 fully saturated rings. The molecule has 0 N–H and O–H groups in total. The molecule has 1 aromatic heterocycles. The van der Waals surface area contributed by atoms with E-state index >= 15 is 0 Å². The fourth-order valence-corrected chi connectivity index (χ4v) is 3.39. The van der Waals surface area contributed by atoms with Gasteiger partial charge in [-0.2, -0.15) is 0 Å². The molecule has 0 bridgehead atoms. The molecule has 0 unspecified atom stereocenters. The van der Waals surface area contributed by atoms with Gasteiger partial charge in [-0.3, -0.25) is 0 Å². The van der Waals surface area contributed by atoms with Gasteiger partial charge in [0.15, 0.2) is 9.84 Å². The maximum Gasteiger partial charge on any atom is 0.178 e. The highest BCUT2D eigenvalue weighted by Crippen LogP contribution is 2.35. The topological polar surface area (TPSA) is 60.2 Å². The molecule has 0 spiro atoms. The molecule has 3 rings (SSSR count). The van der Waals surface area contributed by atoms with E-state index in [9.17, 15) is 12.8 Å². The minimum Gasteiger partial charge on any atom is -0.360 e. The molecule has 0 radical (unpaired) electrons. The van der Waals surface area contributed by atoms with Gasteiger partial charge in [0, 0.05) is 11.8 Å². The molecule has 124 valence electrons. The number of halogens is 1. The van der Waals surface area contributed by atoms with E-state index in [1.807, 2.05) is 31.2 Å². The Hall–Kier alpha value is -2.47. The molecule has 2 aromatic carbocycles. The smallest absolute Gasteiger partial charge is 0.178 e. The van der Waals surface area contributed by atoms with Gasteiger partial charge in [0.1, 0.15) is 22.2 Å². The molecule has 3 aromatic rings. The maximum absolute atomic E-state index is 14.2. The monoisotopic (exact) mass is 345 g/mol. The van der Waals surface area contributed by atoms with Crippen molar-refractivity contribution < 1.29 is 17.3 Å². The number of rotatable bonds is 3. The van der Waals surface area contributed by atoms with Gasteiger partial charge in [-0.1, -0.05) is 35.0 Å². The molecule has 0 atom stereocenters. The first-order chi connectivity index (χ1) is 11.3. The molecule has 0 aliphatic heterocycles. The predicted octanol–water partition coefficient (Wildman–Crippen LogP) is 4.17. The molecule has 0 saturated carbocycles. The molecule has 0 saturated heterocycles. The molecule has 0 aliphatic carbocycles. The second-order valence-corrected chi connectivity index (χ2v) is 7.73. The van der Waals surface area contributed by atoms with Crippen LogP contribution in [0.2, 0.25) is 0 Å². The van der Waals surface area contributed by atoms with Gasteiger partial charge < -0.3 is 4.52 Å². The van der Waals surface area contributed by atoms with E-state index in [-0.39, 0.29) is 4.90 Å². The highest BCUT2D eigenvalue weighted by atomic mass is 32.2. The van der Waals surface area contributed by atoms with Crippen molar-refractivity contribution in [1.82, 2.24) is 5.16 Å². The average molecular weight is 345 g/mol. The van der Waals surface area contributed by atoms with Crippen LogP contribution in [0.3, 0.4) is 0 Å². The number of hydrogen-bond acceptors (Lipinski definition) is 4. The quantitative estimate of drug-likeness (QED) is 0.715. The van der Waals surface area contributed by atoms with Crippen LogP contribution in [-0.2, 0) is 9.84 Å². The van der Waals surface area contributed by atoms with Crippen LogP contribution in [0.4, 0.5) is 4.39 Å². The number of aryl methyl sites for hydroxylation is 2. The average Bonchev–Trinajstić information content (AvgIpc) is 2.87. The van der Waals surface area contributed by atoms with E-state index in [1.165, 1.54) is 12.1 Å². The van der Waals surface area contributed by atoms with Crippen molar-refractivity contribution in [3.8, 4) is 22.4 Å². The summed E-state index contributed by atoms with van der Waals surface area (Å²) < 4.78 is 42.7. The lowest BCUT2D eigenvalue weighted by Crippen LogP contribution is -2.00. The Kier molecular flexibility index (Phi) is 4.01. The Bertz CT molecular complexity index is 1020. The van der Waals surface area contributed by atoms with Crippen LogP contribution in [0.15, 0.2) is 51.9 Å². The molecule has 6 heteroatoms.